The van der Waals surface area contributed by atoms with Crippen molar-refractivity contribution >= 4 is 35.8 Å². The Hall–Kier alpha value is -2.73. The van der Waals surface area contributed by atoms with Gasteiger partial charge in [-0.15, -0.1) is 0 Å². The number of aliphatic imine (C=N–C) groups is 1. The molecule has 1 aromatic carbocycles. The Balaban J connectivity index is 1.82. The van der Waals surface area contributed by atoms with E-state index >= 15 is 0 Å². The minimum atomic E-state index is -5.82. The van der Waals surface area contributed by atoms with Gasteiger partial charge in [-0.1, -0.05) is 24.3 Å². The number of allylic oxidation sites excluding steroid dienone is 4. The standard InChI is InChI=1S/C22H27FN3O15P3/c1-3-13(15-6-4-5-7-16(15)23)10-14(24-2)11-26-18(27)8-9-25(22(26)30)21-20(29)19(28)17(39-21)12-38-43(34,35)41-44(36,37)40-42(31,32)33/h3-10,17,19-21,28-29H,2,11-12H2,1H3,(H,34,35)(H,36,37)(H2,31,32,33)/b13-3+,14-10-/t17-,19?,20?,21-/m1/s1. The van der Waals surface area contributed by atoms with E-state index in [1.54, 1.807) is 19.1 Å². The van der Waals surface area contributed by atoms with E-state index in [-0.39, 0.29) is 11.3 Å². The van der Waals surface area contributed by atoms with Crippen LogP contribution in [0.25, 0.3) is 5.57 Å². The van der Waals surface area contributed by atoms with E-state index in [1.807, 2.05) is 0 Å². The fourth-order valence-electron chi connectivity index (χ4n) is 3.93. The summed E-state index contributed by atoms with van der Waals surface area (Å²) in [5.74, 6) is -0.534. The maximum atomic E-state index is 14.3. The molecule has 0 amide bonds. The molecular weight excluding hydrogens is 658 g/mol. The Morgan fingerprint density at radius 1 is 1.07 bits per heavy atom. The number of phosphoric ester groups is 1. The van der Waals surface area contributed by atoms with Crippen molar-refractivity contribution in [1.29, 1.82) is 0 Å². The summed E-state index contributed by atoms with van der Waals surface area (Å²) in [6, 6.07) is 6.78. The van der Waals surface area contributed by atoms with Crippen molar-refractivity contribution in [2.24, 2.45) is 4.99 Å². The monoisotopic (exact) mass is 685 g/mol. The smallest absolute Gasteiger partial charge is 0.387 e. The lowest BCUT2D eigenvalue weighted by atomic mass is 10.0. The number of hydrogen-bond acceptors (Lipinski definition) is 12. The van der Waals surface area contributed by atoms with Gasteiger partial charge < -0.3 is 34.5 Å². The predicted octanol–water partition coefficient (Wildman–Crippen LogP) is 0.800. The molecule has 4 unspecified atom stereocenters. The molecule has 0 spiro atoms. The molecule has 44 heavy (non-hydrogen) atoms. The summed E-state index contributed by atoms with van der Waals surface area (Å²) < 4.78 is 66.9. The topological polar surface area (TPSA) is 266 Å². The number of benzene rings is 1. The van der Waals surface area contributed by atoms with Crippen molar-refractivity contribution in [1.82, 2.24) is 9.13 Å². The molecule has 0 aliphatic carbocycles. The summed E-state index contributed by atoms with van der Waals surface area (Å²) >= 11 is 0. The van der Waals surface area contributed by atoms with Gasteiger partial charge in [0.2, 0.25) is 0 Å². The summed E-state index contributed by atoms with van der Waals surface area (Å²) in [5.41, 5.74) is -1.23. The summed E-state index contributed by atoms with van der Waals surface area (Å²) in [6.07, 6.45) is -3.27. The van der Waals surface area contributed by atoms with E-state index < -0.39 is 78.2 Å². The van der Waals surface area contributed by atoms with Crippen LogP contribution in [0.15, 0.2) is 69.0 Å². The van der Waals surface area contributed by atoms with Gasteiger partial charge in [-0.25, -0.2) is 22.9 Å². The molecule has 0 bridgehead atoms. The van der Waals surface area contributed by atoms with E-state index in [0.29, 0.717) is 14.7 Å². The summed E-state index contributed by atoms with van der Waals surface area (Å²) in [5, 5.41) is 20.9. The molecule has 0 radical (unpaired) electrons. The Bertz CT molecular complexity index is 1720. The highest BCUT2D eigenvalue weighted by molar-refractivity contribution is 7.66. The van der Waals surface area contributed by atoms with Crippen molar-refractivity contribution in [3.63, 3.8) is 0 Å². The first-order valence-electron chi connectivity index (χ1n) is 12.1. The molecule has 3 rings (SSSR count). The van der Waals surface area contributed by atoms with Crippen LogP contribution in [0.2, 0.25) is 0 Å². The van der Waals surface area contributed by atoms with Crippen LogP contribution < -0.4 is 11.2 Å². The third-order valence-electron chi connectivity index (χ3n) is 5.87. The average Bonchev–Trinajstić information content (AvgIpc) is 3.19. The second kappa shape index (κ2) is 14.1. The van der Waals surface area contributed by atoms with Gasteiger partial charge in [0, 0.05) is 17.8 Å². The summed E-state index contributed by atoms with van der Waals surface area (Å²) in [7, 11) is -17.0. The molecule has 22 heteroatoms. The molecule has 6 atom stereocenters. The number of rotatable bonds is 13. The van der Waals surface area contributed by atoms with E-state index in [0.717, 1.165) is 12.3 Å². The zero-order chi connectivity index (χ0) is 33.0. The van der Waals surface area contributed by atoms with Crippen LogP contribution in [-0.4, -0.2) is 70.6 Å². The first-order chi connectivity index (χ1) is 20.4. The molecule has 1 saturated heterocycles. The summed E-state index contributed by atoms with van der Waals surface area (Å²) in [6.45, 7) is 3.47. The first kappa shape index (κ1) is 35.7. The molecule has 1 aromatic heterocycles. The van der Waals surface area contributed by atoms with E-state index in [2.05, 4.69) is 24.9 Å². The van der Waals surface area contributed by atoms with Crippen LogP contribution >= 0.6 is 23.5 Å². The Morgan fingerprint density at radius 2 is 1.73 bits per heavy atom. The number of aromatic nitrogens is 2. The number of phosphoric acid groups is 3. The van der Waals surface area contributed by atoms with E-state index in [4.69, 9.17) is 14.5 Å². The molecule has 2 heterocycles. The van der Waals surface area contributed by atoms with Crippen molar-refractivity contribution in [3.05, 3.63) is 86.6 Å². The second-order valence-corrected chi connectivity index (χ2v) is 13.3. The molecule has 1 aliphatic heterocycles. The van der Waals surface area contributed by atoms with Gasteiger partial charge in [0.1, 0.15) is 24.1 Å². The number of ether oxygens (including phenoxy) is 1. The van der Waals surface area contributed by atoms with Gasteiger partial charge in [-0.05, 0) is 31.4 Å². The quantitative estimate of drug-likeness (QED) is 0.0967. The number of aliphatic hydroxyl groups excluding tert-OH is 2. The van der Waals surface area contributed by atoms with Crippen LogP contribution in [0.4, 0.5) is 4.39 Å². The highest BCUT2D eigenvalue weighted by Crippen LogP contribution is 2.66. The first-order valence-corrected chi connectivity index (χ1v) is 16.6. The summed E-state index contributed by atoms with van der Waals surface area (Å²) in [4.78, 5) is 65.7. The molecule has 1 aliphatic rings. The fourth-order valence-corrected chi connectivity index (χ4v) is 6.96. The van der Waals surface area contributed by atoms with Crippen LogP contribution in [-0.2, 0) is 38.1 Å². The Labute approximate surface area is 247 Å². The molecule has 0 saturated carbocycles. The number of nitrogens with zero attached hydrogens (tertiary/aromatic N) is 3. The lowest BCUT2D eigenvalue weighted by Crippen LogP contribution is -2.43. The largest absolute Gasteiger partial charge is 0.490 e. The Kier molecular flexibility index (Phi) is 11.5. The van der Waals surface area contributed by atoms with Crippen molar-refractivity contribution in [2.45, 2.75) is 38.0 Å². The highest BCUT2D eigenvalue weighted by atomic mass is 31.3. The number of halogens is 1. The SMILES string of the molecule is C=N/C(=C\C(=C/C)c1ccccc1F)Cn1c(=O)ccn([C@@H]2O[C@H](COP(=O)(O)OP(=O)(O)OP(=O)(O)O)C(O)C2O)c1=O. The van der Waals surface area contributed by atoms with Crippen LogP contribution in [0.1, 0.15) is 18.7 Å². The fraction of sp³-hybridized carbons (Fsp3) is 0.318. The number of aliphatic hydroxyl groups is 2. The van der Waals surface area contributed by atoms with Gasteiger partial charge in [-0.2, -0.15) is 8.62 Å². The van der Waals surface area contributed by atoms with E-state index in [1.165, 1.54) is 24.3 Å². The van der Waals surface area contributed by atoms with Gasteiger partial charge >= 0.3 is 29.2 Å². The molecular formula is C22H27FN3O15P3. The van der Waals surface area contributed by atoms with Crippen molar-refractivity contribution < 1.29 is 65.8 Å². The molecule has 1 fully saturated rings. The number of hydrogen-bond donors (Lipinski definition) is 6. The lowest BCUT2D eigenvalue weighted by molar-refractivity contribution is -0.0547. The third-order valence-corrected chi connectivity index (χ3v) is 9.67. The minimum absolute atomic E-state index is 0.0695. The minimum Gasteiger partial charge on any atom is -0.387 e. The normalized spacial score (nSPS) is 24.1. The lowest BCUT2D eigenvalue weighted by Gasteiger charge is -2.19. The van der Waals surface area contributed by atoms with Crippen LogP contribution in [0.3, 0.4) is 0 Å². The maximum Gasteiger partial charge on any atom is 0.490 e. The Morgan fingerprint density at radius 3 is 2.32 bits per heavy atom. The molecule has 2 aromatic rings. The van der Waals surface area contributed by atoms with Crippen molar-refractivity contribution in [3.8, 4) is 0 Å². The second-order valence-electron chi connectivity index (χ2n) is 8.88. The molecule has 6 N–H and O–H groups in total. The van der Waals surface area contributed by atoms with Crippen LogP contribution in [0, 0.1) is 5.82 Å². The average molecular weight is 685 g/mol. The van der Waals surface area contributed by atoms with Gasteiger partial charge in [0.25, 0.3) is 5.56 Å². The molecule has 18 nitrogen and oxygen atoms in total. The molecule has 242 valence electrons. The highest BCUT2D eigenvalue weighted by Gasteiger charge is 2.47. The van der Waals surface area contributed by atoms with Crippen molar-refractivity contribution in [2.75, 3.05) is 6.61 Å². The maximum absolute atomic E-state index is 14.3. The zero-order valence-corrected chi connectivity index (χ0v) is 25.2. The van der Waals surface area contributed by atoms with Crippen LogP contribution in [0.5, 0.6) is 0 Å². The van der Waals surface area contributed by atoms with E-state index in [9.17, 15) is 47.7 Å². The van der Waals surface area contributed by atoms with Gasteiger partial charge in [0.15, 0.2) is 6.23 Å². The van der Waals surface area contributed by atoms with Gasteiger partial charge in [0.05, 0.1) is 18.8 Å². The third kappa shape index (κ3) is 9.15. The predicted molar refractivity (Wildman–Crippen MR) is 148 cm³/mol. The van der Waals surface area contributed by atoms with Gasteiger partial charge in [-0.3, -0.25) is 23.4 Å². The zero-order valence-electron chi connectivity index (χ0n) is 22.5.